The number of nitrogens with zero attached hydrogens (tertiary/aromatic N) is 4. The Labute approximate surface area is 709 Å². The van der Waals surface area contributed by atoms with Crippen molar-refractivity contribution in [1.29, 1.82) is 0 Å². The zero-order valence-electron chi connectivity index (χ0n) is 77.7. The number of rotatable bonds is 57. The summed E-state index contributed by atoms with van der Waals surface area (Å²) in [7, 11) is 3.58. The largest absolute Gasteiger partial charge is 0.377 e. The molecular formula is C91H173N7O15S2. The fourth-order valence-electron chi connectivity index (χ4n) is 14.7. The zero-order valence-corrected chi connectivity index (χ0v) is 79.3. The molecule has 4 amide bonds. The number of unbranched alkanes of at least 4 members (excludes halogenated alkanes) is 2. The van der Waals surface area contributed by atoms with Crippen molar-refractivity contribution in [3.8, 4) is 0 Å². The molecule has 4 heterocycles. The molecule has 0 unspecified atom stereocenters. The van der Waals surface area contributed by atoms with Crippen LogP contribution in [-0.2, 0) is 71.5 Å². The molecule has 674 valence electrons. The summed E-state index contributed by atoms with van der Waals surface area (Å²) in [6, 6.07) is 2.66. The van der Waals surface area contributed by atoms with Crippen LogP contribution in [-0.4, -0.2) is 252 Å². The minimum Gasteiger partial charge on any atom is -0.377 e. The third kappa shape index (κ3) is 53.4. The molecule has 0 spiro atoms. The molecule has 4 saturated heterocycles. The first-order chi connectivity index (χ1) is 54.1. The SMILES string of the molecule is CC(C)CCC[C@@H](NC(C)C)C(=O)NCCCC(=O)CCCCC(=O)N1C[C@H](OC(C)C)C[C@H]1COC(C)C.CC(C)N[C@@H]1C[C@@H](COC(C)C)N(C(C)C)C1.CC(C)OC[C@@H]1C[C@@H](OC(C)C)CN1C(=O)CCCC(=O)C(C)C.CC(C)OC[C@@H]1C[C@@H](OC(C)C)CN1C(=O)CCCSSCCCC(=O)CCCCC(=O)C(C)C. The molecule has 0 aromatic rings. The van der Waals surface area contributed by atoms with Crippen molar-refractivity contribution in [2.75, 3.05) is 70.7 Å². The highest BCUT2D eigenvalue weighted by Crippen LogP contribution is 2.30. The van der Waals surface area contributed by atoms with E-state index in [1.54, 1.807) is 21.6 Å². The van der Waals surface area contributed by atoms with Gasteiger partial charge in [-0.1, -0.05) is 104 Å². The molecule has 0 aromatic carbocycles. The highest BCUT2D eigenvalue weighted by atomic mass is 33.1. The Morgan fingerprint density at radius 1 is 0.365 bits per heavy atom. The Kier molecular flexibility index (Phi) is 60.1. The smallest absolute Gasteiger partial charge is 0.237 e. The predicted molar refractivity (Wildman–Crippen MR) is 474 cm³/mol. The van der Waals surface area contributed by atoms with Crippen LogP contribution in [0.4, 0.5) is 0 Å². The summed E-state index contributed by atoms with van der Waals surface area (Å²) >= 11 is 0. The summed E-state index contributed by atoms with van der Waals surface area (Å²) in [5, 5.41) is 10.0. The van der Waals surface area contributed by atoms with Gasteiger partial charge in [0, 0.05) is 144 Å². The Morgan fingerprint density at radius 2 is 0.722 bits per heavy atom. The number of hydrogen-bond donors (Lipinski definition) is 3. The molecule has 0 saturated carbocycles. The van der Waals surface area contributed by atoms with Crippen LogP contribution in [0.5, 0.6) is 0 Å². The van der Waals surface area contributed by atoms with Crippen LogP contribution in [0.2, 0.25) is 0 Å². The maximum absolute atomic E-state index is 13.0. The second kappa shape index (κ2) is 62.9. The zero-order chi connectivity index (χ0) is 86.9. The highest BCUT2D eigenvalue weighted by molar-refractivity contribution is 8.76. The normalized spacial score (nSPS) is 20.2. The first kappa shape index (κ1) is 110. The lowest BCUT2D eigenvalue weighted by Gasteiger charge is -2.28. The van der Waals surface area contributed by atoms with Gasteiger partial charge in [-0.05, 0) is 200 Å². The van der Waals surface area contributed by atoms with Crippen LogP contribution in [0.1, 0.15) is 334 Å². The summed E-state index contributed by atoms with van der Waals surface area (Å²) in [6.45, 7) is 59.6. The lowest BCUT2D eigenvalue weighted by atomic mass is 10.0. The van der Waals surface area contributed by atoms with E-state index in [0.29, 0.717) is 171 Å². The molecule has 0 aliphatic carbocycles. The first-order valence-corrected chi connectivity index (χ1v) is 47.8. The maximum atomic E-state index is 13.0. The molecule has 4 aliphatic rings. The van der Waals surface area contributed by atoms with Crippen molar-refractivity contribution in [2.24, 2.45) is 17.8 Å². The topological polar surface area (TPSA) is 250 Å². The van der Waals surface area contributed by atoms with Gasteiger partial charge in [-0.2, -0.15) is 0 Å². The lowest BCUT2D eigenvalue weighted by Crippen LogP contribution is -2.47. The van der Waals surface area contributed by atoms with Crippen LogP contribution >= 0.6 is 21.6 Å². The predicted octanol–water partition coefficient (Wildman–Crippen LogP) is 16.6. The molecular weight excluding hydrogens is 1500 g/mol. The first-order valence-electron chi connectivity index (χ1n) is 45.3. The Morgan fingerprint density at radius 3 is 1.10 bits per heavy atom. The third-order valence-electron chi connectivity index (χ3n) is 20.4. The van der Waals surface area contributed by atoms with Crippen LogP contribution in [0.25, 0.3) is 0 Å². The minimum absolute atomic E-state index is 0.0264. The van der Waals surface area contributed by atoms with Crippen LogP contribution in [0, 0.1) is 17.8 Å². The molecule has 3 N–H and O–H groups in total. The van der Waals surface area contributed by atoms with Gasteiger partial charge in [0.1, 0.15) is 23.1 Å². The number of carbonyl (C=O) groups is 8. The van der Waals surface area contributed by atoms with Gasteiger partial charge < -0.3 is 63.8 Å². The van der Waals surface area contributed by atoms with E-state index in [-0.39, 0.29) is 138 Å². The third-order valence-corrected chi connectivity index (χ3v) is 23.0. The van der Waals surface area contributed by atoms with E-state index in [9.17, 15) is 38.4 Å². The fraction of sp³-hybridized carbons (Fsp3) is 0.912. The summed E-state index contributed by atoms with van der Waals surface area (Å²) < 4.78 is 41.0. The van der Waals surface area contributed by atoms with Gasteiger partial charge >= 0.3 is 0 Å². The Balaban J connectivity index is 0.000000798. The number of likely N-dealkylation sites (tertiary alicyclic amines) is 4. The van der Waals surface area contributed by atoms with E-state index < -0.39 is 0 Å². The summed E-state index contributed by atoms with van der Waals surface area (Å²) in [4.78, 5) is 107. The van der Waals surface area contributed by atoms with E-state index >= 15 is 0 Å². The molecule has 4 fully saturated rings. The molecule has 0 radical (unpaired) electrons. The van der Waals surface area contributed by atoms with Crippen molar-refractivity contribution in [3.05, 3.63) is 0 Å². The van der Waals surface area contributed by atoms with Crippen LogP contribution in [0.15, 0.2) is 0 Å². The maximum Gasteiger partial charge on any atom is 0.237 e. The number of nitrogens with one attached hydrogen (secondary N) is 3. The molecule has 115 heavy (non-hydrogen) atoms. The second-order valence-corrected chi connectivity index (χ2v) is 39.2. The summed E-state index contributed by atoms with van der Waals surface area (Å²) in [6.07, 6.45) is 18.8. The Bertz CT molecular complexity index is 2630. The minimum atomic E-state index is -0.184. The molecule has 0 bridgehead atoms. The van der Waals surface area contributed by atoms with E-state index in [1.165, 1.54) is 6.42 Å². The van der Waals surface area contributed by atoms with Crippen LogP contribution < -0.4 is 16.0 Å². The van der Waals surface area contributed by atoms with Crippen molar-refractivity contribution >= 4 is 68.3 Å². The fourth-order valence-corrected chi connectivity index (χ4v) is 16.8. The van der Waals surface area contributed by atoms with E-state index in [0.717, 1.165) is 88.9 Å². The van der Waals surface area contributed by atoms with E-state index in [1.807, 2.05) is 125 Å². The number of ether oxygens (including phenoxy) is 7. The number of amides is 4. The van der Waals surface area contributed by atoms with Crippen molar-refractivity contribution in [3.63, 3.8) is 0 Å². The molecule has 4 aliphatic heterocycles. The van der Waals surface area contributed by atoms with Gasteiger partial charge in [-0.3, -0.25) is 43.3 Å². The van der Waals surface area contributed by atoms with Crippen molar-refractivity contribution in [2.45, 2.75) is 450 Å². The quantitative estimate of drug-likeness (QED) is 0.0378. The van der Waals surface area contributed by atoms with Gasteiger partial charge in [-0.15, -0.1) is 0 Å². The average Bonchev–Trinajstić information content (AvgIpc) is 1.74. The van der Waals surface area contributed by atoms with Gasteiger partial charge in [0.2, 0.25) is 23.6 Å². The number of hydrogen-bond acceptors (Lipinski definition) is 20. The van der Waals surface area contributed by atoms with Crippen molar-refractivity contribution < 1.29 is 71.5 Å². The molecule has 4 rings (SSSR count). The van der Waals surface area contributed by atoms with Gasteiger partial charge in [-0.25, -0.2) is 0 Å². The standard InChI is InChI=1S/C31H59N3O5.C27H49NO5S2.C19H35NO4.C14H30N2O/c1-22(2)13-11-16-29(33-23(3)4)31(37)32-18-12-15-27(35)14-9-10-17-30(36)34-20-28(39-25(7)8)19-26(34)21-38-24(5)6;1-20(2)26(30)13-8-7-11-24(29)12-9-15-34-35-16-10-14-27(31)28-18-25(33-22(5)6)17-23(28)19-32-21(3)4;1-13(2)18(21)8-7-9-19(22)20-11-17(24-15(5)6)10-16(20)12-23-14(3)4;1-10(2)15-13-7-14(9-17-12(5)6)16(8-13)11(3)4/h22-26,28-29,33H,9-21H2,1-8H3,(H,32,37);20-23,25H,7-19H2,1-6H3;13-17H,7-12H2,1-6H3;10-15H,7-9H2,1-6H3/t26-,28+,29+;23-,25+;16-,17+;13-,14+/m0001/s1. The molecule has 24 heteroatoms. The Hall–Kier alpha value is -3.14. The van der Waals surface area contributed by atoms with Crippen LogP contribution in [0.3, 0.4) is 0 Å². The second-order valence-electron chi connectivity index (χ2n) is 36.5. The lowest BCUT2D eigenvalue weighted by molar-refractivity contribution is -0.135. The van der Waals surface area contributed by atoms with E-state index in [4.69, 9.17) is 33.2 Å². The highest BCUT2D eigenvalue weighted by Gasteiger charge is 2.40. The summed E-state index contributed by atoms with van der Waals surface area (Å²) in [5.41, 5.74) is 0. The van der Waals surface area contributed by atoms with Gasteiger partial charge in [0.25, 0.3) is 0 Å². The van der Waals surface area contributed by atoms with E-state index in [2.05, 4.69) is 90.1 Å². The number of carbonyl (C=O) groups excluding carboxylic acids is 8. The monoisotopic (exact) mass is 1670 g/mol. The molecule has 22 nitrogen and oxygen atoms in total. The number of ketones is 4. The summed E-state index contributed by atoms with van der Waals surface area (Å²) in [5.74, 6) is 4.12. The number of Topliss-reactive ketones (excluding diaryl/α,β-unsaturated/α-hetero) is 4. The van der Waals surface area contributed by atoms with Gasteiger partial charge in [0.15, 0.2) is 0 Å². The van der Waals surface area contributed by atoms with Gasteiger partial charge in [0.05, 0.1) is 112 Å². The average molecular weight is 1670 g/mol. The molecule has 0 aromatic heterocycles. The van der Waals surface area contributed by atoms with Crippen molar-refractivity contribution in [1.82, 2.24) is 35.6 Å². The molecule has 9 atom stereocenters.